The van der Waals surface area contributed by atoms with Gasteiger partial charge in [-0.25, -0.2) is 0 Å². The van der Waals surface area contributed by atoms with E-state index in [0.717, 1.165) is 23.8 Å². The Morgan fingerprint density at radius 1 is 1.38 bits per heavy atom. The molecule has 0 saturated carbocycles. The molecule has 0 saturated heterocycles. The van der Waals surface area contributed by atoms with Gasteiger partial charge in [-0.1, -0.05) is 19.9 Å². The Bertz CT molecular complexity index is 394. The molecule has 0 radical (unpaired) electrons. The van der Waals surface area contributed by atoms with Crippen LogP contribution in [0.3, 0.4) is 0 Å². The standard InChI is InChI=1S/C14H18O2/c1-4-10(2)13-7-12(5-6-15)8-14(9-13)11(3)16/h6-10H,4-5H2,1-3H3. The van der Waals surface area contributed by atoms with Crippen molar-refractivity contribution in [2.45, 2.75) is 39.5 Å². The third kappa shape index (κ3) is 3.02. The maximum Gasteiger partial charge on any atom is 0.159 e. The van der Waals surface area contributed by atoms with Crippen LogP contribution in [-0.4, -0.2) is 12.1 Å². The number of ketones is 1. The van der Waals surface area contributed by atoms with Crippen molar-refractivity contribution in [1.29, 1.82) is 0 Å². The van der Waals surface area contributed by atoms with Gasteiger partial charge >= 0.3 is 0 Å². The van der Waals surface area contributed by atoms with Crippen LogP contribution in [0.5, 0.6) is 0 Å². The average molecular weight is 218 g/mol. The molecule has 0 N–H and O–H groups in total. The molecule has 0 amide bonds. The maximum absolute atomic E-state index is 11.4. The number of Topliss-reactive ketones (excluding diaryl/α,β-unsaturated/α-hetero) is 1. The topological polar surface area (TPSA) is 34.1 Å². The summed E-state index contributed by atoms with van der Waals surface area (Å²) >= 11 is 0. The zero-order valence-corrected chi connectivity index (χ0v) is 10.1. The Hall–Kier alpha value is -1.44. The molecule has 0 aliphatic heterocycles. The molecule has 86 valence electrons. The van der Waals surface area contributed by atoms with E-state index in [1.54, 1.807) is 6.92 Å². The summed E-state index contributed by atoms with van der Waals surface area (Å²) in [6, 6.07) is 5.77. The molecule has 0 fully saturated rings. The minimum absolute atomic E-state index is 0.0531. The van der Waals surface area contributed by atoms with E-state index in [1.165, 1.54) is 0 Å². The highest BCUT2D eigenvalue weighted by molar-refractivity contribution is 5.94. The van der Waals surface area contributed by atoms with Crippen LogP contribution >= 0.6 is 0 Å². The van der Waals surface area contributed by atoms with Gasteiger partial charge < -0.3 is 4.79 Å². The van der Waals surface area contributed by atoms with Crippen LogP contribution < -0.4 is 0 Å². The van der Waals surface area contributed by atoms with E-state index >= 15 is 0 Å². The first-order valence-electron chi connectivity index (χ1n) is 5.67. The Morgan fingerprint density at radius 2 is 2.06 bits per heavy atom. The number of rotatable bonds is 5. The molecule has 1 rings (SSSR count). The summed E-state index contributed by atoms with van der Waals surface area (Å²) in [5, 5.41) is 0. The van der Waals surface area contributed by atoms with Crippen molar-refractivity contribution in [3.8, 4) is 0 Å². The largest absolute Gasteiger partial charge is 0.303 e. The second-order valence-electron chi connectivity index (χ2n) is 4.20. The van der Waals surface area contributed by atoms with E-state index in [9.17, 15) is 9.59 Å². The van der Waals surface area contributed by atoms with Crippen molar-refractivity contribution in [2.75, 3.05) is 0 Å². The fourth-order valence-electron chi connectivity index (χ4n) is 1.66. The van der Waals surface area contributed by atoms with Gasteiger partial charge in [0.05, 0.1) is 0 Å². The lowest BCUT2D eigenvalue weighted by Crippen LogP contribution is -2.00. The molecule has 1 aromatic carbocycles. The second kappa shape index (κ2) is 5.59. The molecule has 0 bridgehead atoms. The Kier molecular flexibility index (Phi) is 4.41. The first-order chi connectivity index (χ1) is 7.58. The van der Waals surface area contributed by atoms with Crippen molar-refractivity contribution < 1.29 is 9.59 Å². The Labute approximate surface area is 96.7 Å². The van der Waals surface area contributed by atoms with E-state index in [2.05, 4.69) is 13.8 Å². The predicted octanol–water partition coefficient (Wildman–Crippen LogP) is 3.14. The SMILES string of the molecule is CCC(C)c1cc(CC=O)cc(C(C)=O)c1. The Balaban J connectivity index is 3.17. The lowest BCUT2D eigenvalue weighted by Gasteiger charge is -2.12. The number of carbonyl (C=O) groups is 2. The summed E-state index contributed by atoms with van der Waals surface area (Å²) in [6.45, 7) is 5.80. The van der Waals surface area contributed by atoms with Crippen LogP contribution in [0, 0.1) is 0 Å². The highest BCUT2D eigenvalue weighted by Gasteiger charge is 2.08. The van der Waals surface area contributed by atoms with Crippen LogP contribution in [-0.2, 0) is 11.2 Å². The molecule has 0 aliphatic carbocycles. The molecular weight excluding hydrogens is 200 g/mol. The monoisotopic (exact) mass is 218 g/mol. The smallest absolute Gasteiger partial charge is 0.159 e. The molecule has 0 heterocycles. The molecule has 1 atom stereocenters. The molecule has 2 heteroatoms. The molecule has 0 aliphatic rings. The summed E-state index contributed by atoms with van der Waals surface area (Å²) in [5.74, 6) is 0.474. The fourth-order valence-corrected chi connectivity index (χ4v) is 1.66. The van der Waals surface area contributed by atoms with E-state index in [4.69, 9.17) is 0 Å². The van der Waals surface area contributed by atoms with Gasteiger partial charge in [0.2, 0.25) is 0 Å². The van der Waals surface area contributed by atoms with Crippen LogP contribution in [0.1, 0.15) is 54.6 Å². The molecule has 2 nitrogen and oxygen atoms in total. The van der Waals surface area contributed by atoms with Crippen molar-refractivity contribution >= 4 is 12.1 Å². The lowest BCUT2D eigenvalue weighted by atomic mass is 9.93. The van der Waals surface area contributed by atoms with Crippen LogP contribution in [0.2, 0.25) is 0 Å². The number of hydrogen-bond donors (Lipinski definition) is 0. The maximum atomic E-state index is 11.4. The van der Waals surface area contributed by atoms with E-state index in [-0.39, 0.29) is 5.78 Å². The van der Waals surface area contributed by atoms with Gasteiger partial charge in [-0.05, 0) is 42.5 Å². The number of aldehydes is 1. The van der Waals surface area contributed by atoms with E-state index in [0.29, 0.717) is 17.9 Å². The van der Waals surface area contributed by atoms with Gasteiger partial charge in [0.15, 0.2) is 5.78 Å². The minimum atomic E-state index is 0.0531. The van der Waals surface area contributed by atoms with E-state index in [1.807, 2.05) is 18.2 Å². The molecule has 0 spiro atoms. The number of benzene rings is 1. The van der Waals surface area contributed by atoms with Crippen molar-refractivity contribution in [1.82, 2.24) is 0 Å². The number of carbonyl (C=O) groups excluding carboxylic acids is 2. The van der Waals surface area contributed by atoms with Gasteiger partial charge in [-0.3, -0.25) is 4.79 Å². The van der Waals surface area contributed by atoms with Gasteiger partial charge in [0.1, 0.15) is 6.29 Å². The summed E-state index contributed by atoms with van der Waals surface area (Å²) in [7, 11) is 0. The molecule has 16 heavy (non-hydrogen) atoms. The van der Waals surface area contributed by atoms with E-state index < -0.39 is 0 Å². The first kappa shape index (κ1) is 12.6. The lowest BCUT2D eigenvalue weighted by molar-refractivity contribution is -0.107. The fraction of sp³-hybridized carbons (Fsp3) is 0.429. The number of hydrogen-bond acceptors (Lipinski definition) is 2. The predicted molar refractivity (Wildman–Crippen MR) is 64.9 cm³/mol. The van der Waals surface area contributed by atoms with Gasteiger partial charge in [0, 0.05) is 12.0 Å². The molecular formula is C14H18O2. The zero-order chi connectivity index (χ0) is 12.1. The molecule has 1 unspecified atom stereocenters. The van der Waals surface area contributed by atoms with Crippen molar-refractivity contribution in [3.05, 3.63) is 34.9 Å². The third-order valence-electron chi connectivity index (χ3n) is 2.92. The van der Waals surface area contributed by atoms with Gasteiger partial charge in [0.25, 0.3) is 0 Å². The average Bonchev–Trinajstić information content (AvgIpc) is 2.28. The highest BCUT2D eigenvalue weighted by atomic mass is 16.1. The van der Waals surface area contributed by atoms with Gasteiger partial charge in [-0.15, -0.1) is 0 Å². The quantitative estimate of drug-likeness (QED) is 0.562. The first-order valence-corrected chi connectivity index (χ1v) is 5.67. The third-order valence-corrected chi connectivity index (χ3v) is 2.92. The Morgan fingerprint density at radius 3 is 2.56 bits per heavy atom. The van der Waals surface area contributed by atoms with Gasteiger partial charge in [-0.2, -0.15) is 0 Å². The minimum Gasteiger partial charge on any atom is -0.303 e. The van der Waals surface area contributed by atoms with Crippen molar-refractivity contribution in [2.24, 2.45) is 0 Å². The second-order valence-corrected chi connectivity index (χ2v) is 4.20. The highest BCUT2D eigenvalue weighted by Crippen LogP contribution is 2.22. The van der Waals surface area contributed by atoms with Crippen LogP contribution in [0.4, 0.5) is 0 Å². The van der Waals surface area contributed by atoms with Crippen LogP contribution in [0.25, 0.3) is 0 Å². The zero-order valence-electron chi connectivity index (χ0n) is 10.1. The summed E-state index contributed by atoms with van der Waals surface area (Å²) in [6.07, 6.45) is 2.28. The summed E-state index contributed by atoms with van der Waals surface area (Å²) in [5.41, 5.74) is 2.78. The normalized spacial score (nSPS) is 12.2. The van der Waals surface area contributed by atoms with Crippen molar-refractivity contribution in [3.63, 3.8) is 0 Å². The summed E-state index contributed by atoms with van der Waals surface area (Å²) < 4.78 is 0. The molecule has 0 aromatic heterocycles. The van der Waals surface area contributed by atoms with Crippen LogP contribution in [0.15, 0.2) is 18.2 Å². The summed E-state index contributed by atoms with van der Waals surface area (Å²) in [4.78, 5) is 21.9. The molecule has 1 aromatic rings.